The fourth-order valence-electron chi connectivity index (χ4n) is 2.67. The van der Waals surface area contributed by atoms with Crippen molar-refractivity contribution in [1.82, 2.24) is 0 Å². The summed E-state index contributed by atoms with van der Waals surface area (Å²) in [6.07, 6.45) is 0. The second kappa shape index (κ2) is 6.55. The lowest BCUT2D eigenvalue weighted by atomic mass is 9.99. The van der Waals surface area contributed by atoms with Gasteiger partial charge in [-0.2, -0.15) is 0 Å². The number of fused-ring (bicyclic) bond motifs is 1. The molecule has 0 saturated heterocycles. The van der Waals surface area contributed by atoms with Crippen LogP contribution in [-0.2, 0) is 9.63 Å². The van der Waals surface area contributed by atoms with Crippen molar-refractivity contribution in [2.75, 3.05) is 16.9 Å². The average molecular weight is 336 g/mol. The molecule has 2 aromatic carbocycles. The third-order valence-corrected chi connectivity index (χ3v) is 3.70. The fourth-order valence-corrected chi connectivity index (χ4v) is 2.67. The highest BCUT2D eigenvalue weighted by Crippen LogP contribution is 2.37. The quantitative estimate of drug-likeness (QED) is 0.685. The summed E-state index contributed by atoms with van der Waals surface area (Å²) in [5.41, 5.74) is 2.26. The van der Waals surface area contributed by atoms with Crippen molar-refractivity contribution in [1.29, 1.82) is 0 Å². The lowest BCUT2D eigenvalue weighted by Crippen LogP contribution is -2.39. The number of hydroxylamine groups is 1. The second-order valence-electron chi connectivity index (χ2n) is 6.80. The Bertz CT molecular complexity index is 847. The van der Waals surface area contributed by atoms with Gasteiger partial charge in [-0.15, -0.1) is 0 Å². The molecule has 5 nitrogen and oxygen atoms in total. The zero-order valence-corrected chi connectivity index (χ0v) is 14.5. The predicted molar refractivity (Wildman–Crippen MR) is 97.3 cm³/mol. The first-order chi connectivity index (χ1) is 11.9. The van der Waals surface area contributed by atoms with Crippen LogP contribution < -0.4 is 10.4 Å². The summed E-state index contributed by atoms with van der Waals surface area (Å²) in [5, 5.41) is 4.63. The molecule has 3 rings (SSSR count). The molecule has 0 saturated carbocycles. The Morgan fingerprint density at radius 2 is 1.84 bits per heavy atom. The summed E-state index contributed by atoms with van der Waals surface area (Å²) >= 11 is 0. The van der Waals surface area contributed by atoms with Crippen LogP contribution >= 0.6 is 0 Å². The topological polar surface area (TPSA) is 58.6 Å². The molecule has 0 unspecified atom stereocenters. The van der Waals surface area contributed by atoms with Gasteiger partial charge in [-0.3, -0.25) is 9.63 Å². The summed E-state index contributed by atoms with van der Waals surface area (Å²) < 4.78 is 0. The first kappa shape index (κ1) is 17.0. The fraction of sp³-hybridized carbons (Fsp3) is 0.250. The normalized spacial score (nSPS) is 13.7. The highest BCUT2D eigenvalue weighted by atomic mass is 16.7. The molecule has 0 amide bonds. The van der Waals surface area contributed by atoms with Crippen LogP contribution in [0.3, 0.4) is 0 Å². The van der Waals surface area contributed by atoms with Gasteiger partial charge in [0.05, 0.1) is 23.5 Å². The number of carbonyl (C=O) groups is 1. The lowest BCUT2D eigenvalue weighted by Gasteiger charge is -2.36. The molecule has 0 aliphatic carbocycles. The minimum Gasteiger partial charge on any atom is -0.376 e. The molecule has 0 spiro atoms. The number of anilines is 2. The zero-order chi connectivity index (χ0) is 18.0. The number of ketones is 1. The van der Waals surface area contributed by atoms with Crippen LogP contribution in [0, 0.1) is 0 Å². The molecule has 1 aliphatic heterocycles. The molecule has 0 atom stereocenters. The summed E-state index contributed by atoms with van der Waals surface area (Å²) in [6, 6.07) is 14.5. The van der Waals surface area contributed by atoms with E-state index in [9.17, 15) is 9.59 Å². The number of hydrogen-bond acceptors (Lipinski definition) is 5. The summed E-state index contributed by atoms with van der Waals surface area (Å²) in [7, 11) is 0. The van der Waals surface area contributed by atoms with Crippen LogP contribution in [0.4, 0.5) is 11.4 Å². The number of rotatable bonds is 3. The van der Waals surface area contributed by atoms with E-state index in [0.29, 0.717) is 28.2 Å². The Labute approximate surface area is 146 Å². The lowest BCUT2D eigenvalue weighted by molar-refractivity contribution is -0.0101. The van der Waals surface area contributed by atoms with E-state index in [-0.39, 0.29) is 12.3 Å². The SMILES string of the molecule is CC(C)(C)ON1C(=C=O)CNc2c(C(=O)c3ccccc3)cccc21. The van der Waals surface area contributed by atoms with Crippen molar-refractivity contribution in [3.63, 3.8) is 0 Å². The molecule has 1 aliphatic rings. The molecule has 25 heavy (non-hydrogen) atoms. The molecular formula is C20H20N2O3. The molecule has 0 bridgehead atoms. The highest BCUT2D eigenvalue weighted by Gasteiger charge is 2.30. The van der Waals surface area contributed by atoms with Gasteiger partial charge in [-0.1, -0.05) is 36.4 Å². The minimum absolute atomic E-state index is 0.0841. The smallest absolute Gasteiger partial charge is 0.195 e. The minimum atomic E-state index is -0.504. The van der Waals surface area contributed by atoms with Crippen LogP contribution in [0.15, 0.2) is 54.2 Å². The second-order valence-corrected chi connectivity index (χ2v) is 6.80. The van der Waals surface area contributed by atoms with Crippen LogP contribution in [0.2, 0.25) is 0 Å². The number of benzene rings is 2. The number of carbonyl (C=O) groups excluding carboxylic acids is 2. The number of nitrogens with zero attached hydrogens (tertiary/aromatic N) is 1. The largest absolute Gasteiger partial charge is 0.376 e. The Balaban J connectivity index is 2.08. The molecule has 0 radical (unpaired) electrons. The molecule has 2 aromatic rings. The van der Waals surface area contributed by atoms with Crippen molar-refractivity contribution in [3.8, 4) is 0 Å². The first-order valence-corrected chi connectivity index (χ1v) is 8.10. The monoisotopic (exact) mass is 336 g/mol. The van der Waals surface area contributed by atoms with E-state index in [2.05, 4.69) is 5.32 Å². The molecule has 0 aromatic heterocycles. The molecule has 1 N–H and O–H groups in total. The van der Waals surface area contributed by atoms with E-state index >= 15 is 0 Å². The van der Waals surface area contributed by atoms with Gasteiger partial charge in [-0.25, -0.2) is 9.86 Å². The summed E-state index contributed by atoms with van der Waals surface area (Å²) in [6.45, 7) is 5.94. The van der Waals surface area contributed by atoms with E-state index in [1.165, 1.54) is 5.06 Å². The van der Waals surface area contributed by atoms with Gasteiger partial charge < -0.3 is 5.32 Å². The number of para-hydroxylation sites is 1. The Morgan fingerprint density at radius 3 is 2.48 bits per heavy atom. The van der Waals surface area contributed by atoms with E-state index in [1.807, 2.05) is 51.0 Å². The van der Waals surface area contributed by atoms with Crippen molar-refractivity contribution < 1.29 is 14.4 Å². The molecule has 0 fully saturated rings. The van der Waals surface area contributed by atoms with Crippen LogP contribution in [0.1, 0.15) is 36.7 Å². The summed E-state index contributed by atoms with van der Waals surface area (Å²) in [5.74, 6) is 1.83. The Kier molecular flexibility index (Phi) is 4.45. The van der Waals surface area contributed by atoms with Crippen LogP contribution in [0.25, 0.3) is 0 Å². The van der Waals surface area contributed by atoms with E-state index in [4.69, 9.17) is 4.84 Å². The van der Waals surface area contributed by atoms with Crippen molar-refractivity contribution in [2.24, 2.45) is 0 Å². The van der Waals surface area contributed by atoms with Crippen LogP contribution in [-0.4, -0.2) is 23.9 Å². The van der Waals surface area contributed by atoms with Gasteiger partial charge in [0.1, 0.15) is 5.70 Å². The van der Waals surface area contributed by atoms with Crippen LogP contribution in [0.5, 0.6) is 0 Å². The maximum absolute atomic E-state index is 12.9. The first-order valence-electron chi connectivity index (χ1n) is 8.10. The third-order valence-electron chi connectivity index (χ3n) is 3.70. The number of nitrogens with one attached hydrogen (secondary N) is 1. The third kappa shape index (κ3) is 3.48. The maximum Gasteiger partial charge on any atom is 0.195 e. The van der Waals surface area contributed by atoms with Gasteiger partial charge in [-0.05, 0) is 32.9 Å². The molecule has 128 valence electrons. The van der Waals surface area contributed by atoms with E-state index in [1.54, 1.807) is 24.3 Å². The Hall–Kier alpha value is -2.88. The van der Waals surface area contributed by atoms with Gasteiger partial charge in [0.25, 0.3) is 0 Å². The van der Waals surface area contributed by atoms with Gasteiger partial charge >= 0.3 is 0 Å². The average Bonchev–Trinajstić information content (AvgIpc) is 2.60. The highest BCUT2D eigenvalue weighted by molar-refractivity contribution is 6.14. The van der Waals surface area contributed by atoms with Crippen molar-refractivity contribution >= 4 is 23.1 Å². The van der Waals surface area contributed by atoms with Crippen molar-refractivity contribution in [2.45, 2.75) is 26.4 Å². The Morgan fingerprint density at radius 1 is 1.12 bits per heavy atom. The van der Waals surface area contributed by atoms with Gasteiger partial charge in [0.2, 0.25) is 0 Å². The molecule has 5 heteroatoms. The zero-order valence-electron chi connectivity index (χ0n) is 14.5. The predicted octanol–water partition coefficient (Wildman–Crippen LogP) is 3.60. The van der Waals surface area contributed by atoms with Gasteiger partial charge in [0, 0.05) is 11.1 Å². The van der Waals surface area contributed by atoms with Crippen molar-refractivity contribution in [3.05, 3.63) is 65.4 Å². The maximum atomic E-state index is 12.9. The van der Waals surface area contributed by atoms with Gasteiger partial charge in [0.15, 0.2) is 11.7 Å². The van der Waals surface area contributed by atoms with E-state index < -0.39 is 5.60 Å². The standard InChI is InChI=1S/C20H20N2O3/c1-20(2,3)25-22-15(13-23)12-21-18-16(10-7-11-17(18)22)19(24)14-8-5-4-6-9-14/h4-11,21H,12H2,1-3H3. The number of hydrogen-bond donors (Lipinski definition) is 1. The molecule has 1 heterocycles. The molecular weight excluding hydrogens is 316 g/mol. The van der Waals surface area contributed by atoms with E-state index in [0.717, 1.165) is 0 Å². The summed E-state index contributed by atoms with van der Waals surface area (Å²) in [4.78, 5) is 30.1.